The summed E-state index contributed by atoms with van der Waals surface area (Å²) in [4.78, 5) is 4.55. The highest BCUT2D eigenvalue weighted by molar-refractivity contribution is 7.89. The highest BCUT2D eigenvalue weighted by atomic mass is 32.2. The van der Waals surface area contributed by atoms with E-state index in [9.17, 15) is 8.42 Å². The van der Waals surface area contributed by atoms with Crippen LogP contribution in [0, 0.1) is 6.92 Å². The third-order valence-corrected chi connectivity index (χ3v) is 6.38. The first-order chi connectivity index (χ1) is 13.9. The van der Waals surface area contributed by atoms with E-state index in [-0.39, 0.29) is 13.2 Å². The first kappa shape index (κ1) is 20.8. The Balaban J connectivity index is 1.55. The third-order valence-electron chi connectivity index (χ3n) is 4.36. The Morgan fingerprint density at radius 3 is 2.45 bits per heavy atom. The van der Waals surface area contributed by atoms with Crippen molar-refractivity contribution in [1.29, 1.82) is 0 Å². The molecule has 0 bridgehead atoms. The van der Waals surface area contributed by atoms with Crippen molar-refractivity contribution in [2.24, 2.45) is 0 Å². The zero-order valence-corrected chi connectivity index (χ0v) is 17.3. The number of aromatic nitrogens is 2. The van der Waals surface area contributed by atoms with E-state index >= 15 is 0 Å². The van der Waals surface area contributed by atoms with Crippen LogP contribution < -0.4 is 9.47 Å². The average Bonchev–Trinajstić information content (AvgIpc) is 3.19. The summed E-state index contributed by atoms with van der Waals surface area (Å²) < 4.78 is 42.6. The summed E-state index contributed by atoms with van der Waals surface area (Å²) in [5, 5.41) is 3.89. The minimum Gasteiger partial charge on any atom is -0.497 e. The molecule has 0 aliphatic rings. The monoisotopic (exact) mass is 417 g/mol. The predicted molar refractivity (Wildman–Crippen MR) is 106 cm³/mol. The van der Waals surface area contributed by atoms with Gasteiger partial charge in [0.05, 0.1) is 12.0 Å². The lowest BCUT2D eigenvalue weighted by Gasteiger charge is -2.17. The molecule has 9 heteroatoms. The van der Waals surface area contributed by atoms with Crippen LogP contribution in [0.2, 0.25) is 0 Å². The number of hydrogen-bond donors (Lipinski definition) is 0. The molecule has 0 saturated heterocycles. The fourth-order valence-electron chi connectivity index (χ4n) is 2.66. The number of methoxy groups -OCH3 is 1. The molecule has 3 aromatic rings. The normalized spacial score (nSPS) is 11.6. The number of rotatable bonds is 9. The summed E-state index contributed by atoms with van der Waals surface area (Å²) in [5.74, 6) is 2.13. The zero-order valence-electron chi connectivity index (χ0n) is 16.5. The van der Waals surface area contributed by atoms with Gasteiger partial charge in [-0.25, -0.2) is 12.7 Å². The molecule has 2 aromatic carbocycles. The molecule has 1 heterocycles. The summed E-state index contributed by atoms with van der Waals surface area (Å²) in [6, 6.07) is 14.0. The number of aryl methyl sites for hydroxylation is 1. The van der Waals surface area contributed by atoms with Crippen molar-refractivity contribution in [1.82, 2.24) is 14.4 Å². The predicted octanol–water partition coefficient (Wildman–Crippen LogP) is 2.83. The standard InChI is InChI=1S/C20H23N3O5S/c1-15-6-4-5-7-18(15)29(24,25)23(2)13-12-19-21-20(28-22-19)14-27-17-10-8-16(26-3)9-11-17/h4-11H,12-14H2,1-3H3. The maximum atomic E-state index is 12.7. The summed E-state index contributed by atoms with van der Waals surface area (Å²) in [6.45, 7) is 2.13. The van der Waals surface area contributed by atoms with E-state index in [2.05, 4.69) is 10.1 Å². The lowest BCUT2D eigenvalue weighted by molar-refractivity contribution is 0.242. The van der Waals surface area contributed by atoms with Gasteiger partial charge in [-0.05, 0) is 42.8 Å². The lowest BCUT2D eigenvalue weighted by atomic mass is 10.2. The lowest BCUT2D eigenvalue weighted by Crippen LogP contribution is -2.29. The molecule has 0 saturated carbocycles. The second kappa shape index (κ2) is 9.06. The van der Waals surface area contributed by atoms with Gasteiger partial charge in [-0.1, -0.05) is 23.4 Å². The Labute approximate surface area is 170 Å². The van der Waals surface area contributed by atoms with Crippen LogP contribution >= 0.6 is 0 Å². The molecule has 0 N–H and O–H groups in total. The Bertz CT molecular complexity index is 1050. The quantitative estimate of drug-likeness (QED) is 0.528. The average molecular weight is 417 g/mol. The minimum absolute atomic E-state index is 0.122. The molecule has 0 amide bonds. The summed E-state index contributed by atoms with van der Waals surface area (Å²) in [6.07, 6.45) is 0.327. The Kier molecular flexibility index (Phi) is 6.50. The van der Waals surface area contributed by atoms with E-state index in [0.717, 1.165) is 5.75 Å². The van der Waals surface area contributed by atoms with Crippen LogP contribution in [-0.2, 0) is 23.1 Å². The molecule has 0 atom stereocenters. The van der Waals surface area contributed by atoms with Gasteiger partial charge >= 0.3 is 0 Å². The number of benzene rings is 2. The number of nitrogens with zero attached hydrogens (tertiary/aromatic N) is 3. The van der Waals surface area contributed by atoms with Crippen LogP contribution in [0.4, 0.5) is 0 Å². The van der Waals surface area contributed by atoms with E-state index < -0.39 is 10.0 Å². The van der Waals surface area contributed by atoms with Crippen molar-refractivity contribution in [3.63, 3.8) is 0 Å². The first-order valence-corrected chi connectivity index (χ1v) is 10.4. The van der Waals surface area contributed by atoms with Crippen molar-refractivity contribution in [2.75, 3.05) is 20.7 Å². The molecule has 0 spiro atoms. The van der Waals surface area contributed by atoms with E-state index in [0.29, 0.717) is 34.3 Å². The van der Waals surface area contributed by atoms with Crippen molar-refractivity contribution in [3.8, 4) is 11.5 Å². The highest BCUT2D eigenvalue weighted by Crippen LogP contribution is 2.19. The first-order valence-electron chi connectivity index (χ1n) is 9.00. The largest absolute Gasteiger partial charge is 0.497 e. The van der Waals surface area contributed by atoms with Crippen molar-refractivity contribution >= 4 is 10.0 Å². The van der Waals surface area contributed by atoms with E-state index in [1.165, 1.54) is 11.4 Å². The van der Waals surface area contributed by atoms with E-state index in [1.54, 1.807) is 56.5 Å². The van der Waals surface area contributed by atoms with Gasteiger partial charge in [-0.15, -0.1) is 0 Å². The van der Waals surface area contributed by atoms with Crippen LogP contribution in [0.5, 0.6) is 11.5 Å². The molecular formula is C20H23N3O5S. The minimum atomic E-state index is -3.57. The third kappa shape index (κ3) is 5.12. The molecule has 0 unspecified atom stereocenters. The van der Waals surface area contributed by atoms with Crippen molar-refractivity contribution in [3.05, 3.63) is 65.8 Å². The van der Waals surface area contributed by atoms with Gasteiger partial charge in [0.2, 0.25) is 10.0 Å². The Morgan fingerprint density at radius 1 is 1.07 bits per heavy atom. The van der Waals surface area contributed by atoms with Crippen molar-refractivity contribution < 1.29 is 22.4 Å². The molecule has 0 fully saturated rings. The second-order valence-corrected chi connectivity index (χ2v) is 8.42. The number of hydrogen-bond acceptors (Lipinski definition) is 7. The Hall–Kier alpha value is -2.91. The molecule has 154 valence electrons. The van der Waals surface area contributed by atoms with E-state index in [1.807, 2.05) is 6.07 Å². The maximum Gasteiger partial charge on any atom is 0.264 e. The van der Waals surface area contributed by atoms with Gasteiger partial charge in [-0.2, -0.15) is 4.98 Å². The van der Waals surface area contributed by atoms with Crippen molar-refractivity contribution in [2.45, 2.75) is 24.8 Å². The SMILES string of the molecule is COc1ccc(OCc2nc(CCN(C)S(=O)(=O)c3ccccc3C)no2)cc1. The van der Waals surface area contributed by atoms with Crippen LogP contribution in [0.3, 0.4) is 0 Å². The second-order valence-electron chi connectivity index (χ2n) is 6.41. The van der Waals surface area contributed by atoms with Gasteiger partial charge in [-0.3, -0.25) is 0 Å². The number of sulfonamides is 1. The molecule has 3 rings (SSSR count). The van der Waals surface area contributed by atoms with Crippen LogP contribution in [0.25, 0.3) is 0 Å². The van der Waals surface area contributed by atoms with Gasteiger partial charge in [0.25, 0.3) is 5.89 Å². The van der Waals surface area contributed by atoms with Crippen LogP contribution in [0.1, 0.15) is 17.3 Å². The number of likely N-dealkylation sites (N-methyl/N-ethyl adjacent to an activating group) is 1. The summed E-state index contributed by atoms with van der Waals surface area (Å²) >= 11 is 0. The van der Waals surface area contributed by atoms with Gasteiger partial charge in [0, 0.05) is 20.0 Å². The highest BCUT2D eigenvalue weighted by Gasteiger charge is 2.22. The fourth-order valence-corrected chi connectivity index (χ4v) is 4.05. The summed E-state index contributed by atoms with van der Waals surface area (Å²) in [5.41, 5.74) is 0.705. The van der Waals surface area contributed by atoms with Gasteiger partial charge in [0.15, 0.2) is 12.4 Å². The molecule has 29 heavy (non-hydrogen) atoms. The van der Waals surface area contributed by atoms with Crippen LogP contribution in [-0.4, -0.2) is 43.6 Å². The van der Waals surface area contributed by atoms with E-state index in [4.69, 9.17) is 14.0 Å². The Morgan fingerprint density at radius 2 is 1.76 bits per heavy atom. The van der Waals surface area contributed by atoms with Gasteiger partial charge < -0.3 is 14.0 Å². The molecule has 0 radical (unpaired) electrons. The smallest absolute Gasteiger partial charge is 0.264 e. The molecule has 1 aromatic heterocycles. The molecule has 8 nitrogen and oxygen atoms in total. The zero-order chi connectivity index (χ0) is 20.9. The van der Waals surface area contributed by atoms with Gasteiger partial charge in [0.1, 0.15) is 11.5 Å². The molecule has 0 aliphatic carbocycles. The van der Waals surface area contributed by atoms with Crippen LogP contribution in [0.15, 0.2) is 57.9 Å². The molecule has 0 aliphatic heterocycles. The summed E-state index contributed by atoms with van der Waals surface area (Å²) in [7, 11) is -0.439. The maximum absolute atomic E-state index is 12.7. The number of ether oxygens (including phenoxy) is 2. The molecular weight excluding hydrogens is 394 g/mol. The topological polar surface area (TPSA) is 94.8 Å². The fraction of sp³-hybridized carbons (Fsp3) is 0.300.